The average molecular weight is 244 g/mol. The van der Waals surface area contributed by atoms with Gasteiger partial charge in [0.25, 0.3) is 0 Å². The highest BCUT2D eigenvalue weighted by molar-refractivity contribution is 5.64. The van der Waals surface area contributed by atoms with Gasteiger partial charge in [-0.3, -0.25) is 0 Å². The van der Waals surface area contributed by atoms with Gasteiger partial charge in [-0.25, -0.2) is 0 Å². The van der Waals surface area contributed by atoms with Crippen LogP contribution in [0.25, 0.3) is 0 Å². The maximum atomic E-state index is 5.77. The van der Waals surface area contributed by atoms with E-state index in [1.807, 2.05) is 27.9 Å². The second-order valence-electron chi connectivity index (χ2n) is 4.88. The van der Waals surface area contributed by atoms with Crippen LogP contribution in [0.3, 0.4) is 0 Å². The Labute approximate surface area is 101 Å². The Morgan fingerprint density at radius 3 is 2.59 bits per heavy atom. The first-order chi connectivity index (χ1) is 7.93. The summed E-state index contributed by atoms with van der Waals surface area (Å²) in [6.45, 7) is 3.73. The lowest BCUT2D eigenvalue weighted by atomic mass is 10.1. The number of hydrogen-bond acceptors (Lipinski definition) is 6. The molecular formula is C11H20N2O4. The molecule has 0 amide bonds. The molecule has 0 bridgehead atoms. The maximum absolute atomic E-state index is 5.77. The van der Waals surface area contributed by atoms with Crippen molar-refractivity contribution in [3.8, 4) is 0 Å². The van der Waals surface area contributed by atoms with Crippen molar-refractivity contribution in [3.63, 3.8) is 0 Å². The monoisotopic (exact) mass is 244 g/mol. The van der Waals surface area contributed by atoms with Gasteiger partial charge in [0.1, 0.15) is 18.3 Å². The van der Waals surface area contributed by atoms with Crippen LogP contribution in [0.15, 0.2) is 5.10 Å². The van der Waals surface area contributed by atoms with Gasteiger partial charge in [-0.1, -0.05) is 0 Å². The van der Waals surface area contributed by atoms with E-state index in [1.54, 1.807) is 18.3 Å². The van der Waals surface area contributed by atoms with Crippen LogP contribution in [0, 0.1) is 0 Å². The number of rotatable bonds is 3. The number of methoxy groups -OCH3 is 1. The lowest BCUT2D eigenvalue weighted by Crippen LogP contribution is -2.37. The molecule has 2 saturated heterocycles. The molecule has 2 heterocycles. The number of nitrogens with zero attached hydrogens (tertiary/aromatic N) is 2. The summed E-state index contributed by atoms with van der Waals surface area (Å²) in [5, 5.41) is 5.86. The second-order valence-corrected chi connectivity index (χ2v) is 4.88. The van der Waals surface area contributed by atoms with Crippen LogP contribution in [-0.4, -0.2) is 62.8 Å². The predicted molar refractivity (Wildman–Crippen MR) is 61.7 cm³/mol. The fraction of sp³-hybridized carbons (Fsp3) is 0.909. The Bertz CT molecular complexity index is 306. The lowest BCUT2D eigenvalue weighted by molar-refractivity contribution is -0.208. The van der Waals surface area contributed by atoms with E-state index in [4.69, 9.17) is 18.9 Å². The van der Waals surface area contributed by atoms with Crippen LogP contribution >= 0.6 is 0 Å². The highest BCUT2D eigenvalue weighted by atomic mass is 16.8. The Morgan fingerprint density at radius 2 is 2.00 bits per heavy atom. The Hall–Kier alpha value is -0.690. The number of ether oxygens (including phenoxy) is 4. The van der Waals surface area contributed by atoms with Gasteiger partial charge in [0.2, 0.25) is 0 Å². The zero-order valence-electron chi connectivity index (χ0n) is 10.9. The van der Waals surface area contributed by atoms with Crippen molar-refractivity contribution in [1.82, 2.24) is 5.01 Å². The zero-order chi connectivity index (χ0) is 12.6. The molecular weight excluding hydrogens is 224 g/mol. The van der Waals surface area contributed by atoms with Crippen molar-refractivity contribution < 1.29 is 18.9 Å². The molecule has 17 heavy (non-hydrogen) atoms. The molecule has 0 aliphatic carbocycles. The molecule has 2 aliphatic rings. The van der Waals surface area contributed by atoms with Gasteiger partial charge in [-0.15, -0.1) is 0 Å². The quantitative estimate of drug-likeness (QED) is 0.532. The van der Waals surface area contributed by atoms with E-state index in [9.17, 15) is 0 Å². The third-order valence-electron chi connectivity index (χ3n) is 2.74. The summed E-state index contributed by atoms with van der Waals surface area (Å²) >= 11 is 0. The molecule has 0 aromatic carbocycles. The minimum absolute atomic E-state index is 0.189. The van der Waals surface area contributed by atoms with Crippen LogP contribution in [0.1, 0.15) is 13.8 Å². The van der Waals surface area contributed by atoms with Gasteiger partial charge >= 0.3 is 0 Å². The first-order valence-electron chi connectivity index (χ1n) is 5.68. The molecule has 6 nitrogen and oxygen atoms in total. The zero-order valence-corrected chi connectivity index (χ0v) is 10.9. The van der Waals surface area contributed by atoms with Crippen molar-refractivity contribution in [2.24, 2.45) is 5.10 Å². The van der Waals surface area contributed by atoms with Gasteiger partial charge in [0.05, 0.1) is 6.21 Å². The Kier molecular flexibility index (Phi) is 3.40. The molecule has 2 fully saturated rings. The number of hydrazone groups is 1. The van der Waals surface area contributed by atoms with Gasteiger partial charge in [0, 0.05) is 21.2 Å². The first kappa shape index (κ1) is 12.8. The minimum Gasteiger partial charge on any atom is -0.375 e. The Morgan fingerprint density at radius 1 is 1.29 bits per heavy atom. The molecule has 0 N–H and O–H groups in total. The van der Waals surface area contributed by atoms with Crippen molar-refractivity contribution >= 4 is 6.21 Å². The second kappa shape index (κ2) is 4.53. The summed E-state index contributed by atoms with van der Waals surface area (Å²) in [5.41, 5.74) is 0. The summed E-state index contributed by atoms with van der Waals surface area (Å²) in [6.07, 6.45) is 0.702. The molecule has 98 valence electrons. The first-order valence-corrected chi connectivity index (χ1v) is 5.68. The van der Waals surface area contributed by atoms with Gasteiger partial charge in [0.15, 0.2) is 12.1 Å². The SMILES string of the molecule is CO[C@@H]1[C@H]2OC(C)(C)O[C@H]2O[C@@H]1/C=N/N(C)C. The van der Waals surface area contributed by atoms with E-state index in [0.717, 1.165) is 0 Å². The van der Waals surface area contributed by atoms with E-state index in [1.165, 1.54) is 0 Å². The normalized spacial score (nSPS) is 39.8. The van der Waals surface area contributed by atoms with Gasteiger partial charge < -0.3 is 24.0 Å². The largest absolute Gasteiger partial charge is 0.375 e. The minimum atomic E-state index is -0.615. The molecule has 0 aromatic rings. The van der Waals surface area contributed by atoms with Crippen LogP contribution in [0.2, 0.25) is 0 Å². The topological polar surface area (TPSA) is 52.5 Å². The van der Waals surface area contributed by atoms with Crippen LogP contribution < -0.4 is 0 Å². The fourth-order valence-corrected chi connectivity index (χ4v) is 2.09. The van der Waals surface area contributed by atoms with Crippen molar-refractivity contribution in [3.05, 3.63) is 0 Å². The van der Waals surface area contributed by atoms with Crippen molar-refractivity contribution in [2.45, 2.75) is 44.2 Å². The molecule has 0 unspecified atom stereocenters. The van der Waals surface area contributed by atoms with Gasteiger partial charge in [-0.05, 0) is 13.8 Å². The molecule has 2 rings (SSSR count). The van der Waals surface area contributed by atoms with Gasteiger partial charge in [-0.2, -0.15) is 5.10 Å². The van der Waals surface area contributed by atoms with Crippen LogP contribution in [0.4, 0.5) is 0 Å². The number of fused-ring (bicyclic) bond motifs is 1. The van der Waals surface area contributed by atoms with Crippen LogP contribution in [0.5, 0.6) is 0 Å². The fourth-order valence-electron chi connectivity index (χ4n) is 2.09. The summed E-state index contributed by atoms with van der Waals surface area (Å²) in [4.78, 5) is 0. The lowest BCUT2D eigenvalue weighted by Gasteiger charge is -2.23. The van der Waals surface area contributed by atoms with E-state index < -0.39 is 5.79 Å². The molecule has 0 radical (unpaired) electrons. The predicted octanol–water partition coefficient (Wildman–Crippen LogP) is 0.425. The molecule has 0 spiro atoms. The highest BCUT2D eigenvalue weighted by Gasteiger charge is 2.54. The summed E-state index contributed by atoms with van der Waals surface area (Å²) in [7, 11) is 5.34. The summed E-state index contributed by atoms with van der Waals surface area (Å²) < 4.78 is 22.6. The van der Waals surface area contributed by atoms with Crippen molar-refractivity contribution in [2.75, 3.05) is 21.2 Å². The summed E-state index contributed by atoms with van der Waals surface area (Å²) in [6, 6.07) is 0. The molecule has 6 heteroatoms. The molecule has 0 saturated carbocycles. The Balaban J connectivity index is 2.05. The number of hydrogen-bond donors (Lipinski definition) is 0. The smallest absolute Gasteiger partial charge is 0.190 e. The van der Waals surface area contributed by atoms with E-state index in [2.05, 4.69) is 5.10 Å². The highest BCUT2D eigenvalue weighted by Crippen LogP contribution is 2.37. The third kappa shape index (κ3) is 2.60. The van der Waals surface area contributed by atoms with Crippen LogP contribution in [-0.2, 0) is 18.9 Å². The van der Waals surface area contributed by atoms with E-state index in [-0.39, 0.29) is 24.6 Å². The van der Waals surface area contributed by atoms with Crippen molar-refractivity contribution in [1.29, 1.82) is 0 Å². The third-order valence-corrected chi connectivity index (χ3v) is 2.74. The molecule has 4 atom stereocenters. The van der Waals surface area contributed by atoms with E-state index >= 15 is 0 Å². The maximum Gasteiger partial charge on any atom is 0.190 e. The molecule has 0 aromatic heterocycles. The average Bonchev–Trinajstić information content (AvgIpc) is 2.65. The van der Waals surface area contributed by atoms with E-state index in [0.29, 0.717) is 0 Å². The molecule has 2 aliphatic heterocycles. The standard InChI is InChI=1S/C11H20N2O4/c1-11(2)16-9-8(14-5)7(6-12-13(3)4)15-10(9)17-11/h6-10H,1-5H3/b12-6+/t7-,8+,9-,10-/m1/s1. The summed E-state index contributed by atoms with van der Waals surface area (Å²) in [5.74, 6) is -0.615.